The van der Waals surface area contributed by atoms with Crippen molar-refractivity contribution >= 4 is 23.2 Å². The van der Waals surface area contributed by atoms with Crippen LogP contribution >= 0.6 is 0 Å². The Hall–Kier alpha value is -3.03. The van der Waals surface area contributed by atoms with Gasteiger partial charge in [-0.25, -0.2) is 0 Å². The van der Waals surface area contributed by atoms with Gasteiger partial charge in [0, 0.05) is 11.6 Å². The van der Waals surface area contributed by atoms with Crippen molar-refractivity contribution in [3.63, 3.8) is 0 Å². The van der Waals surface area contributed by atoms with E-state index in [0.717, 1.165) is 30.5 Å². The molecule has 1 atom stereocenters. The van der Waals surface area contributed by atoms with Gasteiger partial charge in [0.05, 0.1) is 11.3 Å². The number of ether oxygens (including phenoxy) is 1. The monoisotopic (exact) mass is 406 g/mol. The Morgan fingerprint density at radius 2 is 1.72 bits per heavy atom. The van der Waals surface area contributed by atoms with Crippen molar-refractivity contribution in [2.24, 2.45) is 5.92 Å². The highest BCUT2D eigenvalue weighted by Crippen LogP contribution is 2.37. The Labute approximate surface area is 166 Å². The molecule has 2 aromatic rings. The van der Waals surface area contributed by atoms with E-state index in [-0.39, 0.29) is 17.5 Å². The van der Waals surface area contributed by atoms with E-state index >= 15 is 0 Å². The van der Waals surface area contributed by atoms with Crippen molar-refractivity contribution in [3.05, 3.63) is 53.6 Å². The number of aryl methyl sites for hydroxylation is 1. The van der Waals surface area contributed by atoms with Crippen LogP contribution in [0.3, 0.4) is 0 Å². The Morgan fingerprint density at radius 1 is 1.07 bits per heavy atom. The van der Waals surface area contributed by atoms with Gasteiger partial charge in [-0.2, -0.15) is 13.2 Å². The number of alkyl halides is 3. The van der Waals surface area contributed by atoms with E-state index in [0.29, 0.717) is 5.75 Å². The van der Waals surface area contributed by atoms with Gasteiger partial charge in [0.25, 0.3) is 5.91 Å². The van der Waals surface area contributed by atoms with Crippen LogP contribution in [0.2, 0.25) is 0 Å². The summed E-state index contributed by atoms with van der Waals surface area (Å²) < 4.78 is 45.9. The van der Waals surface area contributed by atoms with E-state index in [1.807, 2.05) is 6.92 Å². The van der Waals surface area contributed by atoms with Gasteiger partial charge in [0.15, 0.2) is 6.10 Å². The molecule has 0 spiro atoms. The first-order valence-electron chi connectivity index (χ1n) is 9.20. The molecule has 2 aromatic carbocycles. The van der Waals surface area contributed by atoms with Crippen molar-refractivity contribution in [1.29, 1.82) is 0 Å². The second-order valence-electron chi connectivity index (χ2n) is 7.08. The summed E-state index contributed by atoms with van der Waals surface area (Å²) in [6, 6.07) is 10.2. The van der Waals surface area contributed by atoms with Gasteiger partial charge in [0.1, 0.15) is 5.75 Å². The van der Waals surface area contributed by atoms with Crippen LogP contribution in [0.5, 0.6) is 5.75 Å². The van der Waals surface area contributed by atoms with E-state index in [1.165, 1.54) is 13.0 Å². The van der Waals surface area contributed by atoms with Crippen molar-refractivity contribution in [3.8, 4) is 5.75 Å². The number of carbonyl (C=O) groups excluding carboxylic acids is 2. The van der Waals surface area contributed by atoms with E-state index in [1.54, 1.807) is 24.3 Å². The third kappa shape index (κ3) is 5.49. The highest BCUT2D eigenvalue weighted by Gasteiger charge is 2.35. The van der Waals surface area contributed by atoms with Gasteiger partial charge in [-0.3, -0.25) is 9.59 Å². The van der Waals surface area contributed by atoms with Crippen LogP contribution in [0.15, 0.2) is 42.5 Å². The lowest BCUT2D eigenvalue weighted by molar-refractivity contribution is -0.137. The van der Waals surface area contributed by atoms with Gasteiger partial charge in [0.2, 0.25) is 5.91 Å². The van der Waals surface area contributed by atoms with Crippen LogP contribution in [0.25, 0.3) is 0 Å². The largest absolute Gasteiger partial charge is 0.481 e. The molecule has 0 radical (unpaired) electrons. The Kier molecular flexibility index (Phi) is 5.81. The highest BCUT2D eigenvalue weighted by molar-refractivity contribution is 5.97. The zero-order chi connectivity index (χ0) is 21.2. The molecule has 29 heavy (non-hydrogen) atoms. The van der Waals surface area contributed by atoms with Crippen LogP contribution < -0.4 is 15.4 Å². The third-order valence-electron chi connectivity index (χ3n) is 4.50. The minimum Gasteiger partial charge on any atom is -0.481 e. The summed E-state index contributed by atoms with van der Waals surface area (Å²) in [6.45, 7) is 3.35. The Morgan fingerprint density at radius 3 is 2.31 bits per heavy atom. The normalized spacial score (nSPS) is 14.8. The lowest BCUT2D eigenvalue weighted by Gasteiger charge is -2.18. The van der Waals surface area contributed by atoms with Gasteiger partial charge in [-0.15, -0.1) is 0 Å². The average molecular weight is 406 g/mol. The Balaban J connectivity index is 1.73. The molecule has 2 amide bonds. The summed E-state index contributed by atoms with van der Waals surface area (Å²) in [7, 11) is 0. The molecule has 0 aliphatic heterocycles. The first kappa shape index (κ1) is 20.7. The summed E-state index contributed by atoms with van der Waals surface area (Å²) in [5.74, 6) is -0.711. The fourth-order valence-electron chi connectivity index (χ4n) is 2.66. The highest BCUT2D eigenvalue weighted by atomic mass is 19.4. The second-order valence-corrected chi connectivity index (χ2v) is 7.08. The first-order valence-corrected chi connectivity index (χ1v) is 9.20. The minimum absolute atomic E-state index is 0.0381. The zero-order valence-corrected chi connectivity index (χ0v) is 16.0. The molecule has 1 aliphatic rings. The number of benzene rings is 2. The number of amides is 2. The number of hydrogen-bond donors (Lipinski definition) is 2. The van der Waals surface area contributed by atoms with Crippen molar-refractivity contribution in [2.75, 3.05) is 10.6 Å². The van der Waals surface area contributed by atoms with Crippen LogP contribution in [0.4, 0.5) is 24.5 Å². The topological polar surface area (TPSA) is 67.4 Å². The number of hydrogen-bond acceptors (Lipinski definition) is 3. The molecule has 154 valence electrons. The summed E-state index contributed by atoms with van der Waals surface area (Å²) >= 11 is 0. The van der Waals surface area contributed by atoms with Crippen molar-refractivity contribution in [2.45, 2.75) is 39.0 Å². The smallest absolute Gasteiger partial charge is 0.418 e. The maximum absolute atomic E-state index is 13.5. The molecule has 0 heterocycles. The first-order chi connectivity index (χ1) is 13.6. The maximum atomic E-state index is 13.5. The maximum Gasteiger partial charge on any atom is 0.418 e. The van der Waals surface area contributed by atoms with Gasteiger partial charge in [-0.1, -0.05) is 17.7 Å². The fourth-order valence-corrected chi connectivity index (χ4v) is 2.66. The molecule has 0 bridgehead atoms. The summed E-state index contributed by atoms with van der Waals surface area (Å²) in [5, 5.41) is 4.75. The number of halogens is 3. The van der Waals surface area contributed by atoms with E-state index in [2.05, 4.69) is 10.6 Å². The molecular formula is C21H21F3N2O3. The molecular weight excluding hydrogens is 385 g/mol. The molecule has 0 unspecified atom stereocenters. The van der Waals surface area contributed by atoms with Crippen LogP contribution in [0, 0.1) is 12.8 Å². The van der Waals surface area contributed by atoms with Crippen LogP contribution in [-0.2, 0) is 15.8 Å². The van der Waals surface area contributed by atoms with Crippen LogP contribution in [0.1, 0.15) is 30.9 Å². The molecule has 3 rings (SSSR count). The lowest BCUT2D eigenvalue weighted by atomic mass is 10.1. The van der Waals surface area contributed by atoms with Crippen molar-refractivity contribution in [1.82, 2.24) is 0 Å². The quantitative estimate of drug-likeness (QED) is 0.726. The lowest BCUT2D eigenvalue weighted by Crippen LogP contribution is -2.31. The summed E-state index contributed by atoms with van der Waals surface area (Å²) in [6.07, 6.45) is -4.23. The van der Waals surface area contributed by atoms with Gasteiger partial charge in [-0.05, 0) is 57.0 Å². The molecule has 1 aliphatic carbocycles. The number of rotatable bonds is 6. The van der Waals surface area contributed by atoms with Gasteiger partial charge < -0.3 is 15.4 Å². The molecule has 5 nitrogen and oxygen atoms in total. The molecule has 0 aromatic heterocycles. The zero-order valence-electron chi connectivity index (χ0n) is 16.0. The molecule has 0 saturated heterocycles. The molecule has 2 N–H and O–H groups in total. The predicted molar refractivity (Wildman–Crippen MR) is 103 cm³/mol. The van der Waals surface area contributed by atoms with Crippen LogP contribution in [-0.4, -0.2) is 17.9 Å². The number of nitrogens with one attached hydrogen (secondary N) is 2. The van der Waals surface area contributed by atoms with E-state index in [4.69, 9.17) is 4.74 Å². The standard InChI is InChI=1S/C21H21F3N2O3/c1-12-3-8-16(9-4-12)29-13(2)19(27)26-18-10-7-15(11-17(18)21(22,23)24)25-20(28)14-5-6-14/h3-4,7-11,13-14H,5-6H2,1-2H3,(H,25,28)(H,26,27)/t13-/m1/s1. The molecule has 8 heteroatoms. The fraction of sp³-hybridized carbons (Fsp3) is 0.333. The van der Waals surface area contributed by atoms with E-state index < -0.39 is 29.4 Å². The summed E-state index contributed by atoms with van der Waals surface area (Å²) in [4.78, 5) is 24.2. The second kappa shape index (κ2) is 8.14. The minimum atomic E-state index is -4.70. The van der Waals surface area contributed by atoms with Gasteiger partial charge >= 0.3 is 6.18 Å². The SMILES string of the molecule is Cc1ccc(O[C@H](C)C(=O)Nc2ccc(NC(=O)C3CC3)cc2C(F)(F)F)cc1. The third-order valence-corrected chi connectivity index (χ3v) is 4.50. The molecule has 1 saturated carbocycles. The average Bonchev–Trinajstić information content (AvgIpc) is 3.49. The van der Waals surface area contributed by atoms with E-state index in [9.17, 15) is 22.8 Å². The predicted octanol–water partition coefficient (Wildman–Crippen LogP) is 4.77. The molecule has 1 fully saturated rings. The van der Waals surface area contributed by atoms with Crippen molar-refractivity contribution < 1.29 is 27.5 Å². The Bertz CT molecular complexity index is 906. The number of carbonyl (C=O) groups is 2. The summed E-state index contributed by atoms with van der Waals surface area (Å²) in [5.41, 5.74) is -0.387. The number of anilines is 2.